The van der Waals surface area contributed by atoms with E-state index in [-0.39, 0.29) is 0 Å². The lowest BCUT2D eigenvalue weighted by Crippen LogP contribution is -2.38. The molecule has 2 rings (SSSR count). The first-order valence-electron chi connectivity index (χ1n) is 5.25. The van der Waals surface area contributed by atoms with E-state index in [2.05, 4.69) is 10.2 Å². The fourth-order valence-corrected chi connectivity index (χ4v) is 2.61. The Morgan fingerprint density at radius 2 is 2.38 bits per heavy atom. The van der Waals surface area contributed by atoms with Gasteiger partial charge in [-0.1, -0.05) is 0 Å². The largest absolute Gasteiger partial charge is 0.339 e. The van der Waals surface area contributed by atoms with Crippen molar-refractivity contribution in [2.45, 2.75) is 31.7 Å². The van der Waals surface area contributed by atoms with Crippen LogP contribution in [0.3, 0.4) is 0 Å². The summed E-state index contributed by atoms with van der Waals surface area (Å²) in [6.45, 7) is 1.85. The van der Waals surface area contributed by atoms with Crippen molar-refractivity contribution in [2.75, 3.05) is 20.1 Å². The van der Waals surface area contributed by atoms with E-state index in [0.717, 1.165) is 19.0 Å². The van der Waals surface area contributed by atoms with Gasteiger partial charge in [-0.3, -0.25) is 4.79 Å². The highest BCUT2D eigenvalue weighted by Gasteiger charge is 2.39. The minimum Gasteiger partial charge on any atom is -0.339 e. The number of amides is 1. The van der Waals surface area contributed by atoms with E-state index < -0.39 is 0 Å². The molecule has 2 fully saturated rings. The molecule has 2 bridgehead atoms. The first-order valence-corrected chi connectivity index (χ1v) is 5.25. The number of fused-ring (bicyclic) bond motifs is 2. The Kier molecular flexibility index (Phi) is 2.54. The fraction of sp³-hybridized carbons (Fsp3) is 0.900. The SMILES string of the molecule is CNCCC(=O)N1CC2CCC1C2. The molecule has 1 aliphatic carbocycles. The number of likely N-dealkylation sites (tertiary alicyclic amines) is 1. The molecule has 3 nitrogen and oxygen atoms in total. The molecule has 2 atom stereocenters. The van der Waals surface area contributed by atoms with Gasteiger partial charge in [-0.25, -0.2) is 0 Å². The Labute approximate surface area is 79.5 Å². The van der Waals surface area contributed by atoms with E-state index in [0.29, 0.717) is 18.4 Å². The molecule has 0 aromatic heterocycles. The summed E-state index contributed by atoms with van der Waals surface area (Å²) in [5.74, 6) is 1.17. The first kappa shape index (κ1) is 9.00. The van der Waals surface area contributed by atoms with E-state index in [4.69, 9.17) is 0 Å². The maximum atomic E-state index is 11.7. The van der Waals surface area contributed by atoms with Crippen LogP contribution in [-0.4, -0.2) is 37.0 Å². The van der Waals surface area contributed by atoms with Crippen molar-refractivity contribution in [1.29, 1.82) is 0 Å². The lowest BCUT2D eigenvalue weighted by molar-refractivity contribution is -0.132. The summed E-state index contributed by atoms with van der Waals surface area (Å²) >= 11 is 0. The van der Waals surface area contributed by atoms with Gasteiger partial charge in [0.15, 0.2) is 0 Å². The molecule has 74 valence electrons. The second kappa shape index (κ2) is 3.66. The lowest BCUT2D eigenvalue weighted by atomic mass is 10.1. The molecule has 0 aromatic carbocycles. The summed E-state index contributed by atoms with van der Waals surface area (Å²) in [6.07, 6.45) is 4.53. The molecule has 1 heterocycles. The fourth-order valence-electron chi connectivity index (χ4n) is 2.61. The number of carbonyl (C=O) groups excluding carboxylic acids is 1. The van der Waals surface area contributed by atoms with Gasteiger partial charge in [-0.05, 0) is 32.2 Å². The summed E-state index contributed by atoms with van der Waals surface area (Å²) in [6, 6.07) is 0.592. The van der Waals surface area contributed by atoms with Gasteiger partial charge >= 0.3 is 0 Å². The maximum absolute atomic E-state index is 11.7. The second-order valence-electron chi connectivity index (χ2n) is 4.23. The molecule has 0 aromatic rings. The summed E-state index contributed by atoms with van der Waals surface area (Å²) in [7, 11) is 1.89. The minimum atomic E-state index is 0.349. The van der Waals surface area contributed by atoms with Crippen LogP contribution in [0.4, 0.5) is 0 Å². The zero-order valence-corrected chi connectivity index (χ0v) is 8.25. The van der Waals surface area contributed by atoms with Crippen molar-refractivity contribution in [1.82, 2.24) is 10.2 Å². The van der Waals surface area contributed by atoms with Gasteiger partial charge < -0.3 is 10.2 Å². The number of piperidine rings is 1. The normalized spacial score (nSPS) is 31.3. The zero-order chi connectivity index (χ0) is 9.26. The maximum Gasteiger partial charge on any atom is 0.224 e. The molecule has 2 unspecified atom stereocenters. The molecular formula is C10H18N2O. The zero-order valence-electron chi connectivity index (χ0n) is 8.25. The van der Waals surface area contributed by atoms with Crippen molar-refractivity contribution in [2.24, 2.45) is 5.92 Å². The Bertz CT molecular complexity index is 205. The smallest absolute Gasteiger partial charge is 0.224 e. The van der Waals surface area contributed by atoms with Crippen molar-refractivity contribution >= 4 is 5.91 Å². The van der Waals surface area contributed by atoms with Crippen LogP contribution >= 0.6 is 0 Å². The lowest BCUT2D eigenvalue weighted by Gasteiger charge is -2.26. The van der Waals surface area contributed by atoms with Crippen LogP contribution in [0.15, 0.2) is 0 Å². The van der Waals surface area contributed by atoms with Crippen molar-refractivity contribution in [3.8, 4) is 0 Å². The van der Waals surface area contributed by atoms with Crippen molar-refractivity contribution in [3.63, 3.8) is 0 Å². The van der Waals surface area contributed by atoms with Crippen LogP contribution in [-0.2, 0) is 4.79 Å². The third-order valence-corrected chi connectivity index (χ3v) is 3.32. The van der Waals surface area contributed by atoms with E-state index >= 15 is 0 Å². The van der Waals surface area contributed by atoms with Crippen LogP contribution in [0, 0.1) is 5.92 Å². The summed E-state index contributed by atoms with van der Waals surface area (Å²) in [5, 5.41) is 3.02. The number of carbonyl (C=O) groups is 1. The van der Waals surface area contributed by atoms with Gasteiger partial charge in [0.2, 0.25) is 5.91 Å². The van der Waals surface area contributed by atoms with Gasteiger partial charge in [0.1, 0.15) is 0 Å². The number of nitrogens with zero attached hydrogens (tertiary/aromatic N) is 1. The van der Waals surface area contributed by atoms with Crippen LogP contribution < -0.4 is 5.32 Å². The molecule has 1 amide bonds. The average molecular weight is 182 g/mol. The Morgan fingerprint density at radius 3 is 2.92 bits per heavy atom. The molecule has 1 aliphatic heterocycles. The molecular weight excluding hydrogens is 164 g/mol. The van der Waals surface area contributed by atoms with Gasteiger partial charge in [-0.2, -0.15) is 0 Å². The molecule has 1 saturated heterocycles. The topological polar surface area (TPSA) is 32.3 Å². The molecule has 0 radical (unpaired) electrons. The summed E-state index contributed by atoms with van der Waals surface area (Å²) < 4.78 is 0. The van der Waals surface area contributed by atoms with Crippen LogP contribution in [0.2, 0.25) is 0 Å². The highest BCUT2D eigenvalue weighted by Crippen LogP contribution is 2.37. The Morgan fingerprint density at radius 1 is 1.54 bits per heavy atom. The standard InChI is InChI=1S/C10H18N2O/c1-11-5-4-10(13)12-7-8-2-3-9(12)6-8/h8-9,11H,2-7H2,1H3. The van der Waals surface area contributed by atoms with E-state index in [9.17, 15) is 4.79 Å². The highest BCUT2D eigenvalue weighted by molar-refractivity contribution is 5.77. The summed E-state index contributed by atoms with van der Waals surface area (Å²) in [4.78, 5) is 13.8. The molecule has 2 aliphatic rings. The molecule has 1 saturated carbocycles. The second-order valence-corrected chi connectivity index (χ2v) is 4.23. The number of nitrogens with one attached hydrogen (secondary N) is 1. The van der Waals surface area contributed by atoms with Crippen molar-refractivity contribution in [3.05, 3.63) is 0 Å². The Hall–Kier alpha value is -0.570. The molecule has 0 spiro atoms. The van der Waals surface area contributed by atoms with Crippen LogP contribution in [0.5, 0.6) is 0 Å². The quantitative estimate of drug-likeness (QED) is 0.693. The van der Waals surface area contributed by atoms with Crippen molar-refractivity contribution < 1.29 is 4.79 Å². The predicted molar refractivity (Wildman–Crippen MR) is 51.4 cm³/mol. The molecule has 3 heteroatoms. The van der Waals surface area contributed by atoms with Gasteiger partial charge in [0.05, 0.1) is 0 Å². The van der Waals surface area contributed by atoms with E-state index in [1.807, 2.05) is 7.05 Å². The average Bonchev–Trinajstić information content (AvgIpc) is 2.74. The number of rotatable bonds is 3. The van der Waals surface area contributed by atoms with Crippen LogP contribution in [0.1, 0.15) is 25.7 Å². The van der Waals surface area contributed by atoms with Gasteiger partial charge in [0.25, 0.3) is 0 Å². The first-order chi connectivity index (χ1) is 6.31. The predicted octanol–water partition coefficient (Wildman–Crippen LogP) is 0.607. The monoisotopic (exact) mass is 182 g/mol. The highest BCUT2D eigenvalue weighted by atomic mass is 16.2. The molecule has 1 N–H and O–H groups in total. The summed E-state index contributed by atoms with van der Waals surface area (Å²) in [5.41, 5.74) is 0. The van der Waals surface area contributed by atoms with Gasteiger partial charge in [0, 0.05) is 25.6 Å². The Balaban J connectivity index is 1.84. The third kappa shape index (κ3) is 1.70. The third-order valence-electron chi connectivity index (χ3n) is 3.32. The number of hydrogen-bond acceptors (Lipinski definition) is 2. The van der Waals surface area contributed by atoms with Crippen LogP contribution in [0.25, 0.3) is 0 Å². The number of hydrogen-bond donors (Lipinski definition) is 1. The van der Waals surface area contributed by atoms with E-state index in [1.54, 1.807) is 0 Å². The molecule has 13 heavy (non-hydrogen) atoms. The van der Waals surface area contributed by atoms with E-state index in [1.165, 1.54) is 19.3 Å². The minimum absolute atomic E-state index is 0.349. The van der Waals surface area contributed by atoms with Gasteiger partial charge in [-0.15, -0.1) is 0 Å².